The molecule has 0 saturated carbocycles. The summed E-state index contributed by atoms with van der Waals surface area (Å²) in [6, 6.07) is 8.48. The highest BCUT2D eigenvalue weighted by atomic mass is 35.5. The van der Waals surface area contributed by atoms with Crippen LogP contribution >= 0.6 is 11.6 Å². The molecule has 1 amide bonds. The van der Waals surface area contributed by atoms with Crippen molar-refractivity contribution in [3.8, 4) is 5.75 Å². The van der Waals surface area contributed by atoms with Gasteiger partial charge in [0.15, 0.2) is 0 Å². The quantitative estimate of drug-likeness (QED) is 0.880. The van der Waals surface area contributed by atoms with Crippen molar-refractivity contribution >= 4 is 23.2 Å². The van der Waals surface area contributed by atoms with Crippen molar-refractivity contribution < 1.29 is 14.3 Å². The molecule has 0 aromatic heterocycles. The van der Waals surface area contributed by atoms with Gasteiger partial charge in [0.05, 0.1) is 10.7 Å². The highest BCUT2D eigenvalue weighted by molar-refractivity contribution is 6.34. The molecule has 0 aliphatic heterocycles. The van der Waals surface area contributed by atoms with Crippen molar-refractivity contribution in [3.63, 3.8) is 0 Å². The molecule has 2 N–H and O–H groups in total. The molecule has 0 aliphatic rings. The number of phenolic OH excluding ortho intramolecular Hbond substituents is 1. The van der Waals surface area contributed by atoms with E-state index in [0.29, 0.717) is 11.1 Å². The molecule has 0 unspecified atom stereocenters. The third-order valence-electron chi connectivity index (χ3n) is 2.66. The minimum Gasteiger partial charge on any atom is -0.508 e. The lowest BCUT2D eigenvalue weighted by molar-refractivity contribution is 0.102. The zero-order valence-corrected chi connectivity index (χ0v) is 10.8. The van der Waals surface area contributed by atoms with Gasteiger partial charge >= 0.3 is 0 Å². The van der Waals surface area contributed by atoms with Crippen LogP contribution in [-0.4, -0.2) is 11.0 Å². The number of aromatic hydroxyl groups is 1. The van der Waals surface area contributed by atoms with Crippen LogP contribution in [-0.2, 0) is 0 Å². The second kappa shape index (κ2) is 5.28. The number of halogens is 2. The van der Waals surface area contributed by atoms with Crippen LogP contribution in [0, 0.1) is 12.7 Å². The monoisotopic (exact) mass is 279 g/mol. The maximum atomic E-state index is 13.6. The number of nitrogens with one attached hydrogen (secondary N) is 1. The molecular formula is C14H11ClFNO2. The predicted octanol–water partition coefficient (Wildman–Crippen LogP) is 3.75. The summed E-state index contributed by atoms with van der Waals surface area (Å²) in [5.74, 6) is -1.01. The van der Waals surface area contributed by atoms with Gasteiger partial charge in [-0.3, -0.25) is 4.79 Å². The topological polar surface area (TPSA) is 49.3 Å². The molecule has 0 bridgehead atoms. The van der Waals surface area contributed by atoms with E-state index in [1.165, 1.54) is 36.4 Å². The van der Waals surface area contributed by atoms with Gasteiger partial charge in [-0.25, -0.2) is 4.39 Å². The number of aryl methyl sites for hydroxylation is 1. The lowest BCUT2D eigenvalue weighted by Crippen LogP contribution is -2.14. The molecule has 5 heteroatoms. The van der Waals surface area contributed by atoms with Crippen LogP contribution in [0.3, 0.4) is 0 Å². The molecule has 0 aliphatic carbocycles. The smallest absolute Gasteiger partial charge is 0.256 e. The molecular weight excluding hydrogens is 269 g/mol. The van der Waals surface area contributed by atoms with Gasteiger partial charge in [-0.05, 0) is 42.8 Å². The number of anilines is 1. The van der Waals surface area contributed by atoms with Crippen molar-refractivity contribution in [3.05, 3.63) is 58.4 Å². The van der Waals surface area contributed by atoms with E-state index in [4.69, 9.17) is 11.6 Å². The molecule has 19 heavy (non-hydrogen) atoms. The van der Waals surface area contributed by atoms with Gasteiger partial charge in [0.2, 0.25) is 0 Å². The summed E-state index contributed by atoms with van der Waals surface area (Å²) in [5.41, 5.74) is 0.878. The first-order chi connectivity index (χ1) is 8.99. The largest absolute Gasteiger partial charge is 0.508 e. The fourth-order valence-electron chi connectivity index (χ4n) is 1.70. The first kappa shape index (κ1) is 13.4. The maximum absolute atomic E-state index is 13.6. The van der Waals surface area contributed by atoms with E-state index >= 15 is 0 Å². The van der Waals surface area contributed by atoms with E-state index in [9.17, 15) is 14.3 Å². The van der Waals surface area contributed by atoms with E-state index < -0.39 is 11.7 Å². The molecule has 2 aromatic carbocycles. The summed E-state index contributed by atoms with van der Waals surface area (Å²) in [6.07, 6.45) is 0. The van der Waals surface area contributed by atoms with Gasteiger partial charge < -0.3 is 10.4 Å². The van der Waals surface area contributed by atoms with Crippen LogP contribution in [0.4, 0.5) is 10.1 Å². The Kier molecular flexibility index (Phi) is 3.71. The van der Waals surface area contributed by atoms with E-state index in [-0.39, 0.29) is 16.5 Å². The summed E-state index contributed by atoms with van der Waals surface area (Å²) in [5, 5.41) is 11.8. The van der Waals surface area contributed by atoms with Crippen LogP contribution in [0.1, 0.15) is 15.9 Å². The Balaban J connectivity index is 2.31. The lowest BCUT2D eigenvalue weighted by Gasteiger charge is -2.10. The van der Waals surface area contributed by atoms with Gasteiger partial charge in [-0.2, -0.15) is 0 Å². The Morgan fingerprint density at radius 1 is 1.32 bits per heavy atom. The van der Waals surface area contributed by atoms with Gasteiger partial charge in [0.1, 0.15) is 11.6 Å². The van der Waals surface area contributed by atoms with E-state index in [2.05, 4.69) is 5.32 Å². The second-order valence-corrected chi connectivity index (χ2v) is 4.46. The minimum absolute atomic E-state index is 0.0540. The Bertz CT molecular complexity index is 623. The molecule has 3 nitrogen and oxygen atoms in total. The SMILES string of the molecule is Cc1cc(O)ccc1C(=O)Nc1c(F)cccc1Cl. The lowest BCUT2D eigenvalue weighted by atomic mass is 10.1. The second-order valence-electron chi connectivity index (χ2n) is 4.05. The van der Waals surface area contributed by atoms with Crippen LogP contribution in [0.5, 0.6) is 5.75 Å². The maximum Gasteiger partial charge on any atom is 0.256 e. The van der Waals surface area contributed by atoms with Crippen LogP contribution in [0.25, 0.3) is 0 Å². The zero-order valence-electron chi connectivity index (χ0n) is 10.1. The molecule has 98 valence electrons. The number of hydrogen-bond acceptors (Lipinski definition) is 2. The predicted molar refractivity (Wildman–Crippen MR) is 72.2 cm³/mol. The number of amides is 1. The third-order valence-corrected chi connectivity index (χ3v) is 2.97. The van der Waals surface area contributed by atoms with Crippen molar-refractivity contribution in [1.29, 1.82) is 0 Å². The molecule has 2 rings (SSSR count). The van der Waals surface area contributed by atoms with Gasteiger partial charge in [-0.1, -0.05) is 17.7 Å². The molecule has 0 fully saturated rings. The van der Waals surface area contributed by atoms with Crippen molar-refractivity contribution in [2.75, 3.05) is 5.32 Å². The Morgan fingerprint density at radius 2 is 2.05 bits per heavy atom. The van der Waals surface area contributed by atoms with Gasteiger partial charge in [-0.15, -0.1) is 0 Å². The zero-order chi connectivity index (χ0) is 14.0. The fraction of sp³-hybridized carbons (Fsp3) is 0.0714. The number of rotatable bonds is 2. The molecule has 0 heterocycles. The molecule has 0 spiro atoms. The highest BCUT2D eigenvalue weighted by Gasteiger charge is 2.14. The van der Waals surface area contributed by atoms with E-state index in [1.54, 1.807) is 6.92 Å². The Morgan fingerprint density at radius 3 is 2.68 bits per heavy atom. The van der Waals surface area contributed by atoms with E-state index in [1.807, 2.05) is 0 Å². The van der Waals surface area contributed by atoms with Crippen LogP contribution < -0.4 is 5.32 Å². The van der Waals surface area contributed by atoms with Gasteiger partial charge in [0, 0.05) is 5.56 Å². The first-order valence-electron chi connectivity index (χ1n) is 5.54. The summed E-state index contributed by atoms with van der Waals surface area (Å²) in [4.78, 5) is 12.0. The number of hydrogen-bond donors (Lipinski definition) is 2. The minimum atomic E-state index is -0.600. The molecule has 0 saturated heterocycles. The summed E-state index contributed by atoms with van der Waals surface area (Å²) < 4.78 is 13.6. The number of benzene rings is 2. The summed E-state index contributed by atoms with van der Waals surface area (Å²) >= 11 is 5.83. The Hall–Kier alpha value is -2.07. The number of phenols is 1. The van der Waals surface area contributed by atoms with Crippen molar-refractivity contribution in [1.82, 2.24) is 0 Å². The van der Waals surface area contributed by atoms with Crippen LogP contribution in [0.15, 0.2) is 36.4 Å². The number of carbonyl (C=O) groups is 1. The average molecular weight is 280 g/mol. The Labute approximate surface area is 114 Å². The molecule has 2 aromatic rings. The number of para-hydroxylation sites is 1. The van der Waals surface area contributed by atoms with Crippen molar-refractivity contribution in [2.24, 2.45) is 0 Å². The van der Waals surface area contributed by atoms with E-state index in [0.717, 1.165) is 0 Å². The third kappa shape index (κ3) is 2.85. The first-order valence-corrected chi connectivity index (χ1v) is 5.92. The normalized spacial score (nSPS) is 10.3. The summed E-state index contributed by atoms with van der Waals surface area (Å²) in [7, 11) is 0. The highest BCUT2D eigenvalue weighted by Crippen LogP contribution is 2.26. The van der Waals surface area contributed by atoms with Crippen molar-refractivity contribution in [2.45, 2.75) is 6.92 Å². The number of carbonyl (C=O) groups excluding carboxylic acids is 1. The standard InChI is InChI=1S/C14H11ClFNO2/c1-8-7-9(18)5-6-10(8)14(19)17-13-11(15)3-2-4-12(13)16/h2-7,18H,1H3,(H,17,19). The van der Waals surface area contributed by atoms with Crippen LogP contribution in [0.2, 0.25) is 5.02 Å². The molecule has 0 atom stereocenters. The molecule has 0 radical (unpaired) electrons. The summed E-state index contributed by atoms with van der Waals surface area (Å²) in [6.45, 7) is 1.68. The van der Waals surface area contributed by atoms with Gasteiger partial charge in [0.25, 0.3) is 5.91 Å². The average Bonchev–Trinajstić information content (AvgIpc) is 2.33. The fourth-order valence-corrected chi connectivity index (χ4v) is 1.91.